The number of anilines is 1. The first-order chi connectivity index (χ1) is 9.42. The van der Waals surface area contributed by atoms with E-state index in [1.165, 1.54) is 12.1 Å². The van der Waals surface area contributed by atoms with Gasteiger partial charge in [0.1, 0.15) is 0 Å². The normalized spacial score (nSPS) is 16.9. The molecule has 1 aliphatic rings. The van der Waals surface area contributed by atoms with Crippen molar-refractivity contribution in [3.63, 3.8) is 0 Å². The van der Waals surface area contributed by atoms with Gasteiger partial charge in [0, 0.05) is 23.4 Å². The van der Waals surface area contributed by atoms with Gasteiger partial charge in [0.05, 0.1) is 11.3 Å². The Morgan fingerprint density at radius 2 is 2.10 bits per heavy atom. The van der Waals surface area contributed by atoms with Crippen molar-refractivity contribution in [2.45, 2.75) is 44.6 Å². The van der Waals surface area contributed by atoms with E-state index >= 15 is 0 Å². The van der Waals surface area contributed by atoms with Crippen LogP contribution in [-0.4, -0.2) is 21.5 Å². The highest BCUT2D eigenvalue weighted by molar-refractivity contribution is 5.70. The van der Waals surface area contributed by atoms with Crippen LogP contribution in [-0.2, 0) is 4.79 Å². The Morgan fingerprint density at radius 1 is 1.45 bits per heavy atom. The third-order valence-electron chi connectivity index (χ3n) is 3.88. The third kappa shape index (κ3) is 3.07. The zero-order valence-electron chi connectivity index (χ0n) is 11.4. The summed E-state index contributed by atoms with van der Waals surface area (Å²) in [6, 6.07) is 4.63. The lowest BCUT2D eigenvalue weighted by molar-refractivity contribution is -0.384. The Labute approximate surface area is 117 Å². The number of carboxylic acids is 1. The molecule has 0 spiro atoms. The minimum atomic E-state index is -0.845. The number of hydrogen-bond donors (Lipinski definition) is 2. The van der Waals surface area contributed by atoms with Crippen LogP contribution in [0.2, 0.25) is 0 Å². The molecule has 20 heavy (non-hydrogen) atoms. The number of benzene rings is 1. The fraction of sp³-hybridized carbons (Fsp3) is 0.500. The van der Waals surface area contributed by atoms with Gasteiger partial charge in [0.15, 0.2) is 0 Å². The van der Waals surface area contributed by atoms with Gasteiger partial charge in [0.2, 0.25) is 0 Å². The van der Waals surface area contributed by atoms with E-state index in [2.05, 4.69) is 5.32 Å². The number of nitrogens with zero attached hydrogens (tertiary/aromatic N) is 1. The molecule has 2 N–H and O–H groups in total. The van der Waals surface area contributed by atoms with Crippen molar-refractivity contribution in [3.8, 4) is 0 Å². The molecule has 6 heteroatoms. The molecule has 0 atom stereocenters. The van der Waals surface area contributed by atoms with E-state index in [9.17, 15) is 14.9 Å². The van der Waals surface area contributed by atoms with Gasteiger partial charge in [0.25, 0.3) is 5.69 Å². The van der Waals surface area contributed by atoms with Crippen molar-refractivity contribution in [3.05, 3.63) is 33.9 Å². The van der Waals surface area contributed by atoms with Crippen LogP contribution in [0.1, 0.15) is 37.7 Å². The summed E-state index contributed by atoms with van der Waals surface area (Å²) < 4.78 is 0. The van der Waals surface area contributed by atoms with Crippen molar-refractivity contribution in [1.82, 2.24) is 0 Å². The minimum Gasteiger partial charge on any atom is -0.481 e. The fourth-order valence-electron chi connectivity index (χ4n) is 2.83. The number of carbonyl (C=O) groups is 1. The molecule has 0 saturated heterocycles. The van der Waals surface area contributed by atoms with E-state index in [1.807, 2.05) is 6.92 Å². The first kappa shape index (κ1) is 14.3. The number of hydrogen-bond acceptors (Lipinski definition) is 4. The number of nitro benzene ring substituents is 1. The number of aryl methyl sites for hydroxylation is 1. The van der Waals surface area contributed by atoms with Crippen molar-refractivity contribution < 1.29 is 14.8 Å². The molecule has 0 unspecified atom stereocenters. The monoisotopic (exact) mass is 278 g/mol. The molecular formula is C14H18N2O4. The van der Waals surface area contributed by atoms with Crippen molar-refractivity contribution in [2.75, 3.05) is 5.32 Å². The largest absolute Gasteiger partial charge is 0.481 e. The summed E-state index contributed by atoms with van der Waals surface area (Å²) in [5.41, 5.74) is 1.07. The fourth-order valence-corrected chi connectivity index (χ4v) is 2.83. The molecule has 0 heterocycles. The van der Waals surface area contributed by atoms with Gasteiger partial charge in [-0.25, -0.2) is 0 Å². The zero-order valence-corrected chi connectivity index (χ0v) is 11.4. The molecule has 1 aromatic carbocycles. The van der Waals surface area contributed by atoms with E-state index in [-0.39, 0.29) is 12.1 Å². The lowest BCUT2D eigenvalue weighted by Gasteiger charge is -2.30. The summed E-state index contributed by atoms with van der Waals surface area (Å²) in [5, 5.41) is 23.2. The molecule has 2 rings (SSSR count). The number of non-ortho nitro benzene ring substituents is 1. The van der Waals surface area contributed by atoms with Gasteiger partial charge in [-0.1, -0.05) is 18.9 Å². The Morgan fingerprint density at radius 3 is 2.65 bits per heavy atom. The van der Waals surface area contributed by atoms with E-state index in [1.54, 1.807) is 6.07 Å². The maximum absolute atomic E-state index is 11.1. The topological polar surface area (TPSA) is 92.5 Å². The highest BCUT2D eigenvalue weighted by atomic mass is 16.6. The first-order valence-electron chi connectivity index (χ1n) is 6.67. The molecule has 0 amide bonds. The lowest BCUT2D eigenvalue weighted by atomic mass is 9.92. The smallest absolute Gasteiger partial charge is 0.305 e. The summed E-state index contributed by atoms with van der Waals surface area (Å²) in [5.74, 6) is -0.845. The Bertz CT molecular complexity index is 536. The number of carboxylic acid groups (broad SMARTS) is 1. The molecule has 0 aliphatic heterocycles. The average Bonchev–Trinajstić information content (AvgIpc) is 2.79. The second kappa shape index (κ2) is 5.48. The van der Waals surface area contributed by atoms with Crippen LogP contribution in [0.25, 0.3) is 0 Å². The van der Waals surface area contributed by atoms with E-state index in [0.29, 0.717) is 5.69 Å². The predicted octanol–water partition coefficient (Wildman–Crippen LogP) is 3.10. The van der Waals surface area contributed by atoms with Crippen LogP contribution in [0, 0.1) is 17.0 Å². The van der Waals surface area contributed by atoms with Crippen molar-refractivity contribution in [2.24, 2.45) is 0 Å². The molecule has 0 bridgehead atoms. The number of rotatable bonds is 5. The third-order valence-corrected chi connectivity index (χ3v) is 3.88. The maximum atomic E-state index is 11.1. The van der Waals surface area contributed by atoms with Crippen molar-refractivity contribution in [1.29, 1.82) is 0 Å². The maximum Gasteiger partial charge on any atom is 0.305 e. The van der Waals surface area contributed by atoms with Gasteiger partial charge in [-0.15, -0.1) is 0 Å². The highest BCUT2D eigenvalue weighted by Crippen LogP contribution is 2.37. The molecule has 0 radical (unpaired) electrons. The van der Waals surface area contributed by atoms with E-state index in [4.69, 9.17) is 5.11 Å². The molecule has 1 fully saturated rings. The average molecular weight is 278 g/mol. The zero-order chi connectivity index (χ0) is 14.8. The summed E-state index contributed by atoms with van der Waals surface area (Å²) in [4.78, 5) is 21.5. The molecule has 6 nitrogen and oxygen atoms in total. The second-order valence-electron chi connectivity index (χ2n) is 5.44. The Kier molecular flexibility index (Phi) is 3.92. The molecular weight excluding hydrogens is 260 g/mol. The van der Waals surface area contributed by atoms with Gasteiger partial charge in [-0.2, -0.15) is 0 Å². The number of aliphatic carboxylic acids is 1. The van der Waals surface area contributed by atoms with Crippen LogP contribution in [0.3, 0.4) is 0 Å². The summed E-state index contributed by atoms with van der Waals surface area (Å²) in [6.07, 6.45) is 3.56. The quantitative estimate of drug-likeness (QED) is 0.637. The van der Waals surface area contributed by atoms with Gasteiger partial charge in [-0.05, 0) is 25.3 Å². The van der Waals surface area contributed by atoms with E-state index < -0.39 is 16.4 Å². The van der Waals surface area contributed by atoms with Crippen LogP contribution < -0.4 is 5.32 Å². The summed E-state index contributed by atoms with van der Waals surface area (Å²) in [7, 11) is 0. The minimum absolute atomic E-state index is 0.0153. The van der Waals surface area contributed by atoms with Gasteiger partial charge < -0.3 is 10.4 Å². The van der Waals surface area contributed by atoms with Gasteiger partial charge >= 0.3 is 5.97 Å². The number of nitrogens with one attached hydrogen (secondary N) is 1. The van der Waals surface area contributed by atoms with Crippen LogP contribution in [0.4, 0.5) is 11.4 Å². The molecule has 0 aromatic heterocycles. The highest BCUT2D eigenvalue weighted by Gasteiger charge is 2.36. The Hall–Kier alpha value is -2.11. The van der Waals surface area contributed by atoms with Crippen molar-refractivity contribution >= 4 is 17.3 Å². The molecule has 108 valence electrons. The summed E-state index contributed by atoms with van der Waals surface area (Å²) in [6.45, 7) is 1.86. The molecule has 1 aliphatic carbocycles. The predicted molar refractivity (Wildman–Crippen MR) is 74.9 cm³/mol. The van der Waals surface area contributed by atoms with Crippen LogP contribution in [0.15, 0.2) is 18.2 Å². The number of nitro groups is 1. The second-order valence-corrected chi connectivity index (χ2v) is 5.44. The van der Waals surface area contributed by atoms with Crippen LogP contribution >= 0.6 is 0 Å². The molecule has 1 saturated carbocycles. The first-order valence-corrected chi connectivity index (χ1v) is 6.67. The van der Waals surface area contributed by atoms with Crippen LogP contribution in [0.5, 0.6) is 0 Å². The Balaban J connectivity index is 2.28. The lowest BCUT2D eigenvalue weighted by Crippen LogP contribution is -2.37. The van der Waals surface area contributed by atoms with Gasteiger partial charge in [-0.3, -0.25) is 14.9 Å². The standard InChI is InChI=1S/C14H18N2O4/c1-10-4-5-11(16(19)20)8-12(10)15-14(9-13(17)18)6-2-3-7-14/h4-5,8,15H,2-3,6-7,9H2,1H3,(H,17,18). The summed E-state index contributed by atoms with van der Waals surface area (Å²) >= 11 is 0. The van der Waals surface area contributed by atoms with E-state index in [0.717, 1.165) is 31.2 Å². The SMILES string of the molecule is Cc1ccc([N+](=O)[O-])cc1NC1(CC(=O)O)CCCC1. The molecule has 1 aromatic rings.